The van der Waals surface area contributed by atoms with Crippen LogP contribution in [0, 0.1) is 0 Å². The summed E-state index contributed by atoms with van der Waals surface area (Å²) in [6, 6.07) is 5.84. The van der Waals surface area contributed by atoms with E-state index in [1.807, 2.05) is 24.4 Å². The third kappa shape index (κ3) is 2.20. The van der Waals surface area contributed by atoms with Gasteiger partial charge in [-0.25, -0.2) is 0 Å². The van der Waals surface area contributed by atoms with Crippen molar-refractivity contribution in [3.8, 4) is 0 Å². The van der Waals surface area contributed by atoms with Crippen LogP contribution < -0.4 is 10.2 Å². The first-order chi connectivity index (χ1) is 8.75. The highest BCUT2D eigenvalue weighted by molar-refractivity contribution is 9.10. The van der Waals surface area contributed by atoms with Crippen molar-refractivity contribution in [3.05, 3.63) is 33.9 Å². The molecule has 3 rings (SSSR count). The monoisotopic (exact) mass is 325 g/mol. The number of halogens is 2. The number of fused-ring (bicyclic) bond motifs is 1. The summed E-state index contributed by atoms with van der Waals surface area (Å²) in [5.74, 6) is 0. The lowest BCUT2D eigenvalue weighted by atomic mass is 10.1. The van der Waals surface area contributed by atoms with Crippen molar-refractivity contribution in [2.24, 2.45) is 0 Å². The normalized spacial score (nSPS) is 16.2. The summed E-state index contributed by atoms with van der Waals surface area (Å²) in [5, 5.41) is 5.22. The first kappa shape index (κ1) is 12.2. The summed E-state index contributed by atoms with van der Waals surface area (Å²) < 4.78 is 1.03. The van der Waals surface area contributed by atoms with Crippen LogP contribution in [0.3, 0.4) is 0 Å². The highest BCUT2D eigenvalue weighted by Crippen LogP contribution is 2.34. The van der Waals surface area contributed by atoms with Gasteiger partial charge in [-0.15, -0.1) is 0 Å². The number of nitrogens with one attached hydrogen (secondary N) is 1. The first-order valence-corrected chi connectivity index (χ1v) is 7.12. The van der Waals surface area contributed by atoms with E-state index in [9.17, 15) is 0 Å². The topological polar surface area (TPSA) is 28.2 Å². The molecular weight excluding hydrogens is 314 g/mol. The highest BCUT2D eigenvalue weighted by atomic mass is 79.9. The summed E-state index contributed by atoms with van der Waals surface area (Å²) in [6.45, 7) is 4.03. The van der Waals surface area contributed by atoms with Gasteiger partial charge in [-0.3, -0.25) is 4.98 Å². The zero-order valence-corrected chi connectivity index (χ0v) is 12.1. The van der Waals surface area contributed by atoms with E-state index in [0.29, 0.717) is 0 Å². The molecule has 0 atom stereocenters. The van der Waals surface area contributed by atoms with Crippen molar-refractivity contribution in [1.82, 2.24) is 10.3 Å². The lowest BCUT2D eigenvalue weighted by Gasteiger charge is -2.31. The van der Waals surface area contributed by atoms with Crippen LogP contribution in [-0.2, 0) is 0 Å². The van der Waals surface area contributed by atoms with E-state index in [1.54, 1.807) is 0 Å². The van der Waals surface area contributed by atoms with E-state index in [0.717, 1.165) is 46.6 Å². The lowest BCUT2D eigenvalue weighted by molar-refractivity contribution is 0.589. The van der Waals surface area contributed by atoms with Crippen LogP contribution >= 0.6 is 27.5 Å². The molecule has 1 aromatic heterocycles. The number of rotatable bonds is 1. The van der Waals surface area contributed by atoms with Crippen LogP contribution in [0.25, 0.3) is 10.9 Å². The fourth-order valence-corrected chi connectivity index (χ4v) is 3.08. The maximum absolute atomic E-state index is 6.11. The Hall–Kier alpha value is -0.840. The third-order valence-electron chi connectivity index (χ3n) is 3.19. The second-order valence-electron chi connectivity index (χ2n) is 4.35. The summed E-state index contributed by atoms with van der Waals surface area (Å²) >= 11 is 9.72. The molecule has 0 spiro atoms. The van der Waals surface area contributed by atoms with Crippen molar-refractivity contribution in [3.63, 3.8) is 0 Å². The molecule has 3 nitrogen and oxygen atoms in total. The molecule has 2 heterocycles. The summed E-state index contributed by atoms with van der Waals surface area (Å²) in [4.78, 5) is 6.81. The molecule has 1 aliphatic rings. The van der Waals surface area contributed by atoms with Gasteiger partial charge in [-0.2, -0.15) is 0 Å². The molecule has 94 valence electrons. The molecule has 5 heteroatoms. The summed E-state index contributed by atoms with van der Waals surface area (Å²) in [6.07, 6.45) is 1.87. The molecule has 1 aliphatic heterocycles. The number of piperazine rings is 1. The Labute approximate surface area is 119 Å². The van der Waals surface area contributed by atoms with Crippen LogP contribution in [0.4, 0.5) is 5.69 Å². The van der Waals surface area contributed by atoms with Crippen molar-refractivity contribution < 1.29 is 0 Å². The van der Waals surface area contributed by atoms with Crippen LogP contribution in [0.15, 0.2) is 28.9 Å². The van der Waals surface area contributed by atoms with E-state index >= 15 is 0 Å². The lowest BCUT2D eigenvalue weighted by Crippen LogP contribution is -2.43. The molecule has 1 fully saturated rings. The van der Waals surface area contributed by atoms with E-state index in [-0.39, 0.29) is 0 Å². The second kappa shape index (κ2) is 5.03. The van der Waals surface area contributed by atoms with Crippen LogP contribution in [-0.4, -0.2) is 31.2 Å². The van der Waals surface area contributed by atoms with Crippen LogP contribution in [0.2, 0.25) is 5.02 Å². The largest absolute Gasteiger partial charge is 0.367 e. The quantitative estimate of drug-likeness (QED) is 0.873. The number of anilines is 1. The molecule has 0 unspecified atom stereocenters. The number of aromatic nitrogens is 1. The molecule has 0 radical (unpaired) electrons. The molecule has 1 aromatic carbocycles. The Morgan fingerprint density at radius 1 is 1.28 bits per heavy atom. The van der Waals surface area contributed by atoms with Gasteiger partial charge >= 0.3 is 0 Å². The number of benzene rings is 1. The van der Waals surface area contributed by atoms with Gasteiger partial charge in [-0.1, -0.05) is 11.6 Å². The van der Waals surface area contributed by atoms with Gasteiger partial charge in [0, 0.05) is 42.8 Å². The van der Waals surface area contributed by atoms with Crippen molar-refractivity contribution >= 4 is 44.1 Å². The standard InChI is InChI=1S/C13H13BrClN3/c14-11-8-17-12-2-1-9(15)7-10(12)13(11)18-5-3-16-4-6-18/h1-2,7-8,16H,3-6H2. The highest BCUT2D eigenvalue weighted by Gasteiger charge is 2.17. The van der Waals surface area contributed by atoms with Gasteiger partial charge in [0.05, 0.1) is 15.7 Å². The number of nitrogens with zero attached hydrogens (tertiary/aromatic N) is 2. The van der Waals surface area contributed by atoms with Gasteiger partial charge < -0.3 is 10.2 Å². The first-order valence-electron chi connectivity index (χ1n) is 5.95. The third-order valence-corrected chi connectivity index (χ3v) is 4.01. The Kier molecular flexibility index (Phi) is 3.41. The van der Waals surface area contributed by atoms with Gasteiger partial charge in [0.25, 0.3) is 0 Å². The zero-order chi connectivity index (χ0) is 12.5. The Morgan fingerprint density at radius 3 is 2.83 bits per heavy atom. The molecule has 1 saturated heterocycles. The minimum Gasteiger partial charge on any atom is -0.367 e. The van der Waals surface area contributed by atoms with Gasteiger partial charge in [0.1, 0.15) is 0 Å². The van der Waals surface area contributed by atoms with Crippen molar-refractivity contribution in [2.45, 2.75) is 0 Å². The minimum absolute atomic E-state index is 0.749. The zero-order valence-electron chi connectivity index (χ0n) is 9.79. The predicted octanol–water partition coefficient (Wildman–Crippen LogP) is 3.06. The minimum atomic E-state index is 0.749. The number of hydrogen-bond acceptors (Lipinski definition) is 3. The Balaban J connectivity index is 2.18. The molecule has 18 heavy (non-hydrogen) atoms. The summed E-state index contributed by atoms with van der Waals surface area (Å²) in [7, 11) is 0. The van der Waals surface area contributed by atoms with E-state index < -0.39 is 0 Å². The molecule has 1 N–H and O–H groups in total. The SMILES string of the molecule is Clc1ccc2ncc(Br)c(N3CCNCC3)c2c1. The van der Waals surface area contributed by atoms with E-state index in [1.165, 1.54) is 5.69 Å². The van der Waals surface area contributed by atoms with Crippen LogP contribution in [0.5, 0.6) is 0 Å². The average Bonchev–Trinajstić information content (AvgIpc) is 2.39. The van der Waals surface area contributed by atoms with Crippen molar-refractivity contribution in [2.75, 3.05) is 31.1 Å². The molecule has 0 bridgehead atoms. The smallest absolute Gasteiger partial charge is 0.0724 e. The second-order valence-corrected chi connectivity index (χ2v) is 5.64. The van der Waals surface area contributed by atoms with E-state index in [2.05, 4.69) is 31.1 Å². The molecule has 0 aliphatic carbocycles. The summed E-state index contributed by atoms with van der Waals surface area (Å²) in [5.41, 5.74) is 2.18. The fraction of sp³-hybridized carbons (Fsp3) is 0.308. The number of hydrogen-bond donors (Lipinski definition) is 1. The van der Waals surface area contributed by atoms with Crippen molar-refractivity contribution in [1.29, 1.82) is 0 Å². The maximum Gasteiger partial charge on any atom is 0.0724 e. The van der Waals surface area contributed by atoms with E-state index in [4.69, 9.17) is 11.6 Å². The maximum atomic E-state index is 6.11. The van der Waals surface area contributed by atoms with Gasteiger partial charge in [0.15, 0.2) is 0 Å². The average molecular weight is 327 g/mol. The molecule has 0 amide bonds. The number of pyridine rings is 1. The molecule has 2 aromatic rings. The van der Waals surface area contributed by atoms with Gasteiger partial charge in [0.2, 0.25) is 0 Å². The van der Waals surface area contributed by atoms with Crippen LogP contribution in [0.1, 0.15) is 0 Å². The molecule has 0 saturated carbocycles. The fourth-order valence-electron chi connectivity index (χ4n) is 2.34. The Bertz CT molecular complexity index is 576. The van der Waals surface area contributed by atoms with Gasteiger partial charge in [-0.05, 0) is 34.1 Å². The predicted molar refractivity (Wildman–Crippen MR) is 79.5 cm³/mol. The Morgan fingerprint density at radius 2 is 2.06 bits per heavy atom. The molecular formula is C13H13BrClN3.